The van der Waals surface area contributed by atoms with Gasteiger partial charge in [-0.15, -0.1) is 21.5 Å². The molecule has 154 valence electrons. The number of nitrogens with one attached hydrogen (secondary N) is 1. The van der Waals surface area contributed by atoms with Crippen molar-refractivity contribution in [2.75, 3.05) is 23.4 Å². The smallest absolute Gasteiger partial charge is 0.357 e. The van der Waals surface area contributed by atoms with Crippen molar-refractivity contribution < 1.29 is 9.53 Å². The number of para-hydroxylation sites is 1. The zero-order valence-corrected chi connectivity index (χ0v) is 18.4. The molecule has 1 aromatic carbocycles. The summed E-state index contributed by atoms with van der Waals surface area (Å²) < 4.78 is 6.13. The molecule has 4 aromatic rings. The molecular formula is C20H20N6O2S2. The Kier molecular flexibility index (Phi) is 5.86. The number of thiazole rings is 2. The van der Waals surface area contributed by atoms with Crippen LogP contribution in [0.1, 0.15) is 29.9 Å². The van der Waals surface area contributed by atoms with E-state index in [9.17, 15) is 4.79 Å². The molecule has 10 heteroatoms. The summed E-state index contributed by atoms with van der Waals surface area (Å²) in [5, 5.41) is 15.1. The van der Waals surface area contributed by atoms with E-state index in [-0.39, 0.29) is 0 Å². The largest absolute Gasteiger partial charge is 0.461 e. The number of fused-ring (bicyclic) bond motifs is 1. The fourth-order valence-electron chi connectivity index (χ4n) is 2.84. The fourth-order valence-corrected chi connectivity index (χ4v) is 4.57. The van der Waals surface area contributed by atoms with Gasteiger partial charge in [0.2, 0.25) is 0 Å². The lowest BCUT2D eigenvalue weighted by molar-refractivity contribution is 0.0520. The van der Waals surface area contributed by atoms with Crippen LogP contribution in [0.5, 0.6) is 0 Å². The minimum absolute atomic E-state index is 0.300. The quantitative estimate of drug-likeness (QED) is 0.404. The Bertz CT molecular complexity index is 1160. The molecule has 0 aliphatic carbocycles. The Labute approximate surface area is 181 Å². The van der Waals surface area contributed by atoms with Gasteiger partial charge in [0.1, 0.15) is 0 Å². The number of ether oxygens (including phenoxy) is 1. The van der Waals surface area contributed by atoms with E-state index in [0.29, 0.717) is 35.6 Å². The van der Waals surface area contributed by atoms with Crippen molar-refractivity contribution in [1.82, 2.24) is 20.2 Å². The first kappa shape index (κ1) is 20.2. The first-order valence-electron chi connectivity index (χ1n) is 9.46. The molecular weight excluding hydrogens is 420 g/mol. The zero-order chi connectivity index (χ0) is 21.1. The van der Waals surface area contributed by atoms with E-state index >= 15 is 0 Å². The van der Waals surface area contributed by atoms with Gasteiger partial charge in [-0.25, -0.2) is 14.8 Å². The van der Waals surface area contributed by atoms with Gasteiger partial charge in [-0.2, -0.15) is 0 Å². The minimum Gasteiger partial charge on any atom is -0.461 e. The maximum Gasteiger partial charge on any atom is 0.357 e. The van der Waals surface area contributed by atoms with Crippen molar-refractivity contribution in [1.29, 1.82) is 0 Å². The van der Waals surface area contributed by atoms with E-state index in [0.717, 1.165) is 20.9 Å². The third-order valence-electron chi connectivity index (χ3n) is 4.29. The average molecular weight is 441 g/mol. The maximum atomic E-state index is 11.9. The van der Waals surface area contributed by atoms with Gasteiger partial charge >= 0.3 is 5.97 Å². The lowest BCUT2D eigenvalue weighted by atomic mass is 10.3. The lowest BCUT2D eigenvalue weighted by Gasteiger charge is -2.19. The number of hydrogen-bond donors (Lipinski definition) is 1. The van der Waals surface area contributed by atoms with E-state index in [1.54, 1.807) is 23.6 Å². The predicted octanol–water partition coefficient (Wildman–Crippen LogP) is 4.93. The molecule has 0 saturated carbocycles. The number of benzene rings is 1. The number of anilines is 4. The molecule has 3 heterocycles. The topological polar surface area (TPSA) is 93.1 Å². The van der Waals surface area contributed by atoms with Crippen LogP contribution >= 0.6 is 22.7 Å². The maximum absolute atomic E-state index is 11.9. The molecule has 0 radical (unpaired) electrons. The SMILES string of the molecule is CCOC(=O)c1csc(N(CC)c2cc(C)c(Nc3nc4ccccc4s3)nn2)n1. The van der Waals surface area contributed by atoms with E-state index < -0.39 is 5.97 Å². The minimum atomic E-state index is -0.422. The second kappa shape index (κ2) is 8.72. The number of nitrogens with zero attached hydrogens (tertiary/aromatic N) is 5. The summed E-state index contributed by atoms with van der Waals surface area (Å²) in [7, 11) is 0. The van der Waals surface area contributed by atoms with Crippen LogP contribution in [0.15, 0.2) is 35.7 Å². The van der Waals surface area contributed by atoms with Gasteiger partial charge in [-0.05, 0) is 44.5 Å². The number of rotatable bonds is 7. The molecule has 30 heavy (non-hydrogen) atoms. The molecule has 4 rings (SSSR count). The summed E-state index contributed by atoms with van der Waals surface area (Å²) in [5.74, 6) is 0.892. The highest BCUT2D eigenvalue weighted by Gasteiger charge is 2.18. The second-order valence-electron chi connectivity index (χ2n) is 6.33. The van der Waals surface area contributed by atoms with Gasteiger partial charge < -0.3 is 15.0 Å². The normalized spacial score (nSPS) is 10.9. The molecule has 3 aromatic heterocycles. The summed E-state index contributed by atoms with van der Waals surface area (Å²) >= 11 is 2.94. The Hall–Kier alpha value is -3.11. The van der Waals surface area contributed by atoms with E-state index in [1.807, 2.05) is 49.1 Å². The van der Waals surface area contributed by atoms with Crippen LogP contribution < -0.4 is 10.2 Å². The first-order valence-corrected chi connectivity index (χ1v) is 11.2. The lowest BCUT2D eigenvalue weighted by Crippen LogP contribution is -2.18. The van der Waals surface area contributed by atoms with Gasteiger partial charge in [-0.3, -0.25) is 0 Å². The molecule has 0 saturated heterocycles. The number of carbonyl (C=O) groups is 1. The van der Waals surface area contributed by atoms with Crippen molar-refractivity contribution in [2.24, 2.45) is 0 Å². The molecule has 0 spiro atoms. The highest BCUT2D eigenvalue weighted by Crippen LogP contribution is 2.31. The molecule has 0 aliphatic rings. The van der Waals surface area contributed by atoms with Crippen LogP contribution in [0.4, 0.5) is 21.9 Å². The van der Waals surface area contributed by atoms with Crippen LogP contribution in [0.25, 0.3) is 10.2 Å². The fraction of sp³-hybridized carbons (Fsp3) is 0.250. The highest BCUT2D eigenvalue weighted by molar-refractivity contribution is 7.22. The van der Waals surface area contributed by atoms with Gasteiger partial charge in [0.25, 0.3) is 0 Å². The Morgan fingerprint density at radius 3 is 2.77 bits per heavy atom. The Balaban J connectivity index is 1.56. The average Bonchev–Trinajstić information content (AvgIpc) is 3.38. The van der Waals surface area contributed by atoms with Crippen LogP contribution in [-0.4, -0.2) is 39.3 Å². The molecule has 0 aliphatic heterocycles. The molecule has 1 N–H and O–H groups in total. The summed E-state index contributed by atoms with van der Waals surface area (Å²) in [5.41, 5.74) is 2.18. The monoisotopic (exact) mass is 440 g/mol. The molecule has 0 amide bonds. The summed E-state index contributed by atoms with van der Waals surface area (Å²) in [6.45, 7) is 6.68. The highest BCUT2D eigenvalue weighted by atomic mass is 32.1. The van der Waals surface area contributed by atoms with Gasteiger partial charge in [0.05, 0.1) is 16.8 Å². The molecule has 0 bridgehead atoms. The van der Waals surface area contributed by atoms with Gasteiger partial charge in [0, 0.05) is 11.9 Å². The van der Waals surface area contributed by atoms with E-state index in [4.69, 9.17) is 4.74 Å². The van der Waals surface area contributed by atoms with Crippen LogP contribution in [0.3, 0.4) is 0 Å². The summed E-state index contributed by atoms with van der Waals surface area (Å²) in [6, 6.07) is 9.93. The summed E-state index contributed by atoms with van der Waals surface area (Å²) in [4.78, 5) is 22.8. The number of aryl methyl sites for hydroxylation is 1. The van der Waals surface area contributed by atoms with Crippen molar-refractivity contribution in [3.63, 3.8) is 0 Å². The van der Waals surface area contributed by atoms with Crippen molar-refractivity contribution in [3.05, 3.63) is 47.0 Å². The molecule has 0 atom stereocenters. The first-order chi connectivity index (χ1) is 14.6. The van der Waals surface area contributed by atoms with Crippen LogP contribution in [-0.2, 0) is 4.74 Å². The zero-order valence-electron chi connectivity index (χ0n) is 16.7. The van der Waals surface area contributed by atoms with Gasteiger partial charge in [0.15, 0.2) is 27.6 Å². The molecule has 0 fully saturated rings. The second-order valence-corrected chi connectivity index (χ2v) is 8.19. The van der Waals surface area contributed by atoms with E-state index in [1.165, 1.54) is 11.3 Å². The van der Waals surface area contributed by atoms with Crippen LogP contribution in [0, 0.1) is 6.92 Å². The predicted molar refractivity (Wildman–Crippen MR) is 120 cm³/mol. The number of hydrogen-bond acceptors (Lipinski definition) is 10. The third-order valence-corrected chi connectivity index (χ3v) is 6.11. The van der Waals surface area contributed by atoms with E-state index in [2.05, 4.69) is 25.5 Å². The number of aromatic nitrogens is 4. The molecule has 8 nitrogen and oxygen atoms in total. The standard InChI is InChI=1S/C20H20N6O2S2/c1-4-26(20-22-14(11-29-20)18(27)28-5-2)16-10-12(3)17(25-24-16)23-19-21-13-8-6-7-9-15(13)30-19/h6-11H,4-5H2,1-3H3,(H,21,23,25). The van der Waals surface area contributed by atoms with Crippen LogP contribution in [0.2, 0.25) is 0 Å². The number of carbonyl (C=O) groups excluding carboxylic acids is 1. The van der Waals surface area contributed by atoms with Crippen molar-refractivity contribution in [3.8, 4) is 0 Å². The van der Waals surface area contributed by atoms with Gasteiger partial charge in [-0.1, -0.05) is 23.5 Å². The van der Waals surface area contributed by atoms with Crippen molar-refractivity contribution in [2.45, 2.75) is 20.8 Å². The molecule has 0 unspecified atom stereocenters. The summed E-state index contributed by atoms with van der Waals surface area (Å²) in [6.07, 6.45) is 0. The number of esters is 1. The Morgan fingerprint density at radius 1 is 1.20 bits per heavy atom. The Morgan fingerprint density at radius 2 is 2.03 bits per heavy atom. The van der Waals surface area contributed by atoms with Crippen molar-refractivity contribution >= 4 is 60.8 Å². The third kappa shape index (κ3) is 4.10.